The van der Waals surface area contributed by atoms with E-state index in [-0.39, 0.29) is 23.1 Å². The average molecular weight is 341 g/mol. The van der Waals surface area contributed by atoms with Crippen LogP contribution >= 0.6 is 15.9 Å². The molecule has 2 rings (SSSR count). The smallest absolute Gasteiger partial charge is 0.258 e. The molecule has 1 atom stereocenters. The van der Waals surface area contributed by atoms with Gasteiger partial charge in [-0.2, -0.15) is 0 Å². The molecule has 20 heavy (non-hydrogen) atoms. The van der Waals surface area contributed by atoms with E-state index in [0.29, 0.717) is 17.4 Å². The maximum absolute atomic E-state index is 12.5. The van der Waals surface area contributed by atoms with Gasteiger partial charge in [-0.15, -0.1) is 0 Å². The lowest BCUT2D eigenvalue weighted by atomic mass is 10.00. The Kier molecular flexibility index (Phi) is 4.65. The number of benzene rings is 1. The van der Waals surface area contributed by atoms with Crippen molar-refractivity contribution in [3.63, 3.8) is 0 Å². The molecule has 108 valence electrons. The second-order valence-electron chi connectivity index (χ2n) is 4.79. The first-order valence-electron chi connectivity index (χ1n) is 6.55. The van der Waals surface area contributed by atoms with E-state index in [0.717, 1.165) is 12.8 Å². The SMILES string of the molecule is CNC(=O)C1CCCCN1C(=O)c1ccc(Br)cc1O. The molecule has 2 amide bonds. The summed E-state index contributed by atoms with van der Waals surface area (Å²) in [6.07, 6.45) is 2.45. The van der Waals surface area contributed by atoms with Gasteiger partial charge in [0.1, 0.15) is 11.8 Å². The second kappa shape index (κ2) is 6.26. The van der Waals surface area contributed by atoms with Crippen LogP contribution in [0.5, 0.6) is 5.75 Å². The number of phenolic OH excluding ortho intramolecular Hbond substituents is 1. The molecule has 0 spiro atoms. The number of likely N-dealkylation sites (N-methyl/N-ethyl adjacent to an activating group) is 1. The van der Waals surface area contributed by atoms with E-state index in [9.17, 15) is 14.7 Å². The third-order valence-electron chi connectivity index (χ3n) is 3.50. The molecular weight excluding hydrogens is 324 g/mol. The highest BCUT2D eigenvalue weighted by molar-refractivity contribution is 9.10. The van der Waals surface area contributed by atoms with Crippen molar-refractivity contribution in [3.8, 4) is 5.75 Å². The number of nitrogens with zero attached hydrogens (tertiary/aromatic N) is 1. The van der Waals surface area contributed by atoms with Crippen LogP contribution in [-0.4, -0.2) is 41.5 Å². The van der Waals surface area contributed by atoms with Crippen molar-refractivity contribution >= 4 is 27.7 Å². The Balaban J connectivity index is 2.27. The number of likely N-dealkylation sites (tertiary alicyclic amines) is 1. The molecule has 5 nitrogen and oxygen atoms in total. The van der Waals surface area contributed by atoms with Crippen molar-refractivity contribution in [2.45, 2.75) is 25.3 Å². The largest absolute Gasteiger partial charge is 0.507 e. The van der Waals surface area contributed by atoms with Gasteiger partial charge in [0, 0.05) is 18.1 Å². The number of halogens is 1. The maximum Gasteiger partial charge on any atom is 0.258 e. The molecule has 0 saturated carbocycles. The van der Waals surface area contributed by atoms with E-state index in [2.05, 4.69) is 21.2 Å². The number of hydrogen-bond donors (Lipinski definition) is 2. The first-order valence-corrected chi connectivity index (χ1v) is 7.35. The predicted octanol–water partition coefficient (Wildman–Crippen LogP) is 1.90. The van der Waals surface area contributed by atoms with Crippen molar-refractivity contribution in [2.75, 3.05) is 13.6 Å². The highest BCUT2D eigenvalue weighted by atomic mass is 79.9. The first kappa shape index (κ1) is 14.8. The van der Waals surface area contributed by atoms with E-state index in [1.165, 1.54) is 6.07 Å². The molecule has 1 unspecified atom stereocenters. The summed E-state index contributed by atoms with van der Waals surface area (Å²) in [5.41, 5.74) is 0.226. The fourth-order valence-corrected chi connectivity index (χ4v) is 2.80. The molecule has 1 aromatic carbocycles. The van der Waals surface area contributed by atoms with Crippen LogP contribution in [-0.2, 0) is 4.79 Å². The topological polar surface area (TPSA) is 69.6 Å². The number of carbonyl (C=O) groups excluding carboxylic acids is 2. The van der Waals surface area contributed by atoms with E-state index in [1.54, 1.807) is 24.1 Å². The molecule has 1 aliphatic heterocycles. The molecule has 0 aliphatic carbocycles. The zero-order valence-electron chi connectivity index (χ0n) is 11.2. The number of rotatable bonds is 2. The van der Waals surface area contributed by atoms with Crippen LogP contribution in [0, 0.1) is 0 Å². The Hall–Kier alpha value is -1.56. The van der Waals surface area contributed by atoms with Gasteiger partial charge in [-0.3, -0.25) is 9.59 Å². The normalized spacial score (nSPS) is 18.7. The van der Waals surface area contributed by atoms with Crippen LogP contribution in [0.2, 0.25) is 0 Å². The van der Waals surface area contributed by atoms with Crippen LogP contribution in [0.25, 0.3) is 0 Å². The van der Waals surface area contributed by atoms with E-state index in [4.69, 9.17) is 0 Å². The second-order valence-corrected chi connectivity index (χ2v) is 5.70. The van der Waals surface area contributed by atoms with Gasteiger partial charge < -0.3 is 15.3 Å². The molecule has 1 heterocycles. The maximum atomic E-state index is 12.5. The molecule has 1 saturated heterocycles. The monoisotopic (exact) mass is 340 g/mol. The van der Waals surface area contributed by atoms with Gasteiger partial charge in [-0.05, 0) is 37.5 Å². The quantitative estimate of drug-likeness (QED) is 0.863. The number of piperidine rings is 1. The van der Waals surface area contributed by atoms with Crippen LogP contribution < -0.4 is 5.32 Å². The van der Waals surface area contributed by atoms with Crippen molar-refractivity contribution in [3.05, 3.63) is 28.2 Å². The summed E-state index contributed by atoms with van der Waals surface area (Å²) in [4.78, 5) is 26.0. The van der Waals surface area contributed by atoms with Crippen LogP contribution in [0.1, 0.15) is 29.6 Å². The average Bonchev–Trinajstić information content (AvgIpc) is 2.46. The van der Waals surface area contributed by atoms with Crippen LogP contribution in [0.3, 0.4) is 0 Å². The Morgan fingerprint density at radius 2 is 2.15 bits per heavy atom. The number of amides is 2. The summed E-state index contributed by atoms with van der Waals surface area (Å²) < 4.78 is 0.702. The van der Waals surface area contributed by atoms with Crippen LogP contribution in [0.4, 0.5) is 0 Å². The minimum absolute atomic E-state index is 0.0781. The standard InChI is InChI=1S/C14H17BrN2O3/c1-16-13(19)11-4-2-3-7-17(11)14(20)10-6-5-9(15)8-12(10)18/h5-6,8,11,18H,2-4,7H2,1H3,(H,16,19). The number of carbonyl (C=O) groups is 2. The van der Waals surface area contributed by atoms with Crippen LogP contribution in [0.15, 0.2) is 22.7 Å². The number of nitrogens with one attached hydrogen (secondary N) is 1. The minimum atomic E-state index is -0.454. The summed E-state index contributed by atoms with van der Waals surface area (Å²) in [5.74, 6) is -0.538. The number of phenols is 1. The minimum Gasteiger partial charge on any atom is -0.507 e. The van der Waals surface area contributed by atoms with Gasteiger partial charge in [0.05, 0.1) is 5.56 Å². The number of hydrogen-bond acceptors (Lipinski definition) is 3. The Bertz CT molecular complexity index is 533. The Labute approximate surface area is 126 Å². The van der Waals surface area contributed by atoms with Gasteiger partial charge >= 0.3 is 0 Å². The summed E-state index contributed by atoms with van der Waals surface area (Å²) in [7, 11) is 1.57. The lowest BCUT2D eigenvalue weighted by Gasteiger charge is -2.34. The molecule has 2 N–H and O–H groups in total. The molecule has 0 radical (unpaired) electrons. The number of aromatic hydroxyl groups is 1. The summed E-state index contributed by atoms with van der Waals surface area (Å²) >= 11 is 3.24. The zero-order valence-corrected chi connectivity index (χ0v) is 12.8. The summed E-state index contributed by atoms with van der Waals surface area (Å²) in [6, 6.07) is 4.29. The molecule has 1 aromatic rings. The predicted molar refractivity (Wildman–Crippen MR) is 78.5 cm³/mol. The van der Waals surface area contributed by atoms with E-state index < -0.39 is 6.04 Å². The van der Waals surface area contributed by atoms with Gasteiger partial charge in [0.2, 0.25) is 5.91 Å². The van der Waals surface area contributed by atoms with Gasteiger partial charge in [0.15, 0.2) is 0 Å². The van der Waals surface area contributed by atoms with Crippen molar-refractivity contribution in [1.82, 2.24) is 10.2 Å². The van der Waals surface area contributed by atoms with E-state index in [1.807, 2.05) is 0 Å². The highest BCUT2D eigenvalue weighted by Gasteiger charge is 2.32. The van der Waals surface area contributed by atoms with Crippen molar-refractivity contribution in [1.29, 1.82) is 0 Å². The zero-order chi connectivity index (χ0) is 14.7. The molecule has 0 aromatic heterocycles. The molecule has 1 fully saturated rings. The van der Waals surface area contributed by atoms with Gasteiger partial charge in [-0.25, -0.2) is 0 Å². The highest BCUT2D eigenvalue weighted by Crippen LogP contribution is 2.26. The molecule has 0 bridgehead atoms. The lowest BCUT2D eigenvalue weighted by Crippen LogP contribution is -2.51. The first-order chi connectivity index (χ1) is 9.54. The summed E-state index contributed by atoms with van der Waals surface area (Å²) in [5, 5.41) is 12.5. The third kappa shape index (κ3) is 2.95. The summed E-state index contributed by atoms with van der Waals surface area (Å²) in [6.45, 7) is 0.534. The Morgan fingerprint density at radius 1 is 1.40 bits per heavy atom. The fourth-order valence-electron chi connectivity index (χ4n) is 2.45. The molecule has 6 heteroatoms. The third-order valence-corrected chi connectivity index (χ3v) is 4.00. The van der Waals surface area contributed by atoms with Gasteiger partial charge in [0.25, 0.3) is 5.91 Å². The van der Waals surface area contributed by atoms with E-state index >= 15 is 0 Å². The van der Waals surface area contributed by atoms with Crippen molar-refractivity contribution < 1.29 is 14.7 Å². The molecular formula is C14H17BrN2O3. The Morgan fingerprint density at radius 3 is 2.80 bits per heavy atom. The van der Waals surface area contributed by atoms with Gasteiger partial charge in [-0.1, -0.05) is 15.9 Å². The fraction of sp³-hybridized carbons (Fsp3) is 0.429. The lowest BCUT2D eigenvalue weighted by molar-refractivity contribution is -0.126. The van der Waals surface area contributed by atoms with Crippen molar-refractivity contribution in [2.24, 2.45) is 0 Å². The molecule has 1 aliphatic rings.